The Morgan fingerprint density at radius 2 is 2.12 bits per heavy atom. The predicted octanol–water partition coefficient (Wildman–Crippen LogP) is 3.70. The van der Waals surface area contributed by atoms with E-state index in [1.807, 2.05) is 37.3 Å². The summed E-state index contributed by atoms with van der Waals surface area (Å²) in [6.45, 7) is 3.19. The second-order valence-electron chi connectivity index (χ2n) is 5.88. The van der Waals surface area contributed by atoms with Gasteiger partial charge in [0.1, 0.15) is 5.01 Å². The molecule has 6 nitrogen and oxygen atoms in total. The van der Waals surface area contributed by atoms with Crippen molar-refractivity contribution in [1.82, 2.24) is 15.5 Å². The molecule has 7 heteroatoms. The highest BCUT2D eigenvalue weighted by Gasteiger charge is 2.27. The van der Waals surface area contributed by atoms with Crippen molar-refractivity contribution in [3.8, 4) is 0 Å². The largest absolute Gasteiger partial charge is 0.374 e. The maximum Gasteiger partial charge on any atom is 0.321 e. The van der Waals surface area contributed by atoms with Gasteiger partial charge in [-0.25, -0.2) is 4.79 Å². The van der Waals surface area contributed by atoms with Crippen LogP contribution in [0.25, 0.3) is 0 Å². The molecule has 0 bridgehead atoms. The molecule has 2 aromatic rings. The van der Waals surface area contributed by atoms with Crippen molar-refractivity contribution in [1.29, 1.82) is 0 Å². The second-order valence-corrected chi connectivity index (χ2v) is 6.89. The second kappa shape index (κ2) is 8.21. The normalized spacial score (nSPS) is 15.0. The van der Waals surface area contributed by atoms with E-state index >= 15 is 0 Å². The molecule has 128 valence electrons. The van der Waals surface area contributed by atoms with E-state index in [1.54, 1.807) is 0 Å². The highest BCUT2D eigenvalue weighted by Crippen LogP contribution is 2.41. The first kappa shape index (κ1) is 16.9. The van der Waals surface area contributed by atoms with E-state index in [0.29, 0.717) is 24.2 Å². The number of hydrogen-bond acceptors (Lipinski definition) is 5. The third kappa shape index (κ3) is 5.01. The molecule has 2 N–H and O–H groups in total. The summed E-state index contributed by atoms with van der Waals surface area (Å²) in [6.07, 6.45) is 3.18. The number of amides is 2. The van der Waals surface area contributed by atoms with E-state index < -0.39 is 0 Å². The van der Waals surface area contributed by atoms with Crippen molar-refractivity contribution >= 4 is 22.5 Å². The molecule has 0 unspecified atom stereocenters. The molecule has 1 aromatic carbocycles. The zero-order valence-corrected chi connectivity index (χ0v) is 14.5. The number of rotatable bonds is 8. The zero-order chi connectivity index (χ0) is 16.8. The molecule has 3 rings (SSSR count). The van der Waals surface area contributed by atoms with Gasteiger partial charge in [0.2, 0.25) is 5.13 Å². The molecule has 1 aliphatic rings. The monoisotopic (exact) mass is 346 g/mol. The fraction of sp³-hybridized carbons (Fsp3) is 0.471. The van der Waals surface area contributed by atoms with Crippen LogP contribution in [0.1, 0.15) is 48.8 Å². The van der Waals surface area contributed by atoms with Crippen LogP contribution in [0.4, 0.5) is 9.93 Å². The van der Waals surface area contributed by atoms with Crippen molar-refractivity contribution in [2.45, 2.75) is 38.2 Å². The number of nitrogens with one attached hydrogen (secondary N) is 2. The third-order valence-electron chi connectivity index (χ3n) is 3.83. The minimum atomic E-state index is -0.246. The van der Waals surface area contributed by atoms with Crippen LogP contribution in [0.5, 0.6) is 0 Å². The van der Waals surface area contributed by atoms with E-state index in [0.717, 1.165) is 17.0 Å². The summed E-state index contributed by atoms with van der Waals surface area (Å²) in [4.78, 5) is 11.8. The summed E-state index contributed by atoms with van der Waals surface area (Å²) in [5.41, 5.74) is 1.16. The van der Waals surface area contributed by atoms with E-state index in [9.17, 15) is 4.79 Å². The van der Waals surface area contributed by atoms with Crippen LogP contribution in [0.3, 0.4) is 0 Å². The smallest absolute Gasteiger partial charge is 0.321 e. The third-order valence-corrected chi connectivity index (χ3v) is 4.83. The fourth-order valence-corrected chi connectivity index (χ4v) is 3.18. The Labute approximate surface area is 145 Å². The topological polar surface area (TPSA) is 76.1 Å². The Bertz CT molecular complexity index is 658. The minimum absolute atomic E-state index is 0.0577. The Balaban J connectivity index is 1.29. The molecule has 1 aromatic heterocycles. The first-order valence-corrected chi connectivity index (χ1v) is 9.09. The number of benzene rings is 1. The van der Waals surface area contributed by atoms with Gasteiger partial charge in [-0.1, -0.05) is 41.7 Å². The van der Waals surface area contributed by atoms with Gasteiger partial charge in [0, 0.05) is 19.1 Å². The van der Waals surface area contributed by atoms with Crippen LogP contribution < -0.4 is 10.6 Å². The Morgan fingerprint density at radius 3 is 2.88 bits per heavy atom. The molecule has 0 aliphatic heterocycles. The molecule has 2 amide bonds. The molecule has 1 saturated carbocycles. The molecule has 1 aliphatic carbocycles. The van der Waals surface area contributed by atoms with Gasteiger partial charge < -0.3 is 10.1 Å². The summed E-state index contributed by atoms with van der Waals surface area (Å²) < 4.78 is 5.77. The molecular weight excluding hydrogens is 324 g/mol. The molecule has 0 saturated heterocycles. The molecule has 1 atom stereocenters. The fourth-order valence-electron chi connectivity index (χ4n) is 2.28. The number of carbonyl (C=O) groups is 1. The molecule has 1 fully saturated rings. The molecule has 0 radical (unpaired) electrons. The summed E-state index contributed by atoms with van der Waals surface area (Å²) in [6, 6.07) is 9.85. The Hall–Kier alpha value is -1.99. The van der Waals surface area contributed by atoms with Crippen molar-refractivity contribution in [3.05, 3.63) is 40.9 Å². The number of carbonyl (C=O) groups excluding carboxylic acids is 1. The lowest BCUT2D eigenvalue weighted by Gasteiger charge is -2.13. The van der Waals surface area contributed by atoms with Gasteiger partial charge in [-0.3, -0.25) is 5.32 Å². The molecular formula is C17H22N4O2S. The maximum absolute atomic E-state index is 11.8. The lowest BCUT2D eigenvalue weighted by molar-refractivity contribution is 0.0644. The number of ether oxygens (including phenoxy) is 1. The van der Waals surface area contributed by atoms with E-state index in [1.165, 1.54) is 24.2 Å². The van der Waals surface area contributed by atoms with Crippen LogP contribution >= 0.6 is 11.3 Å². The number of aromatic nitrogens is 2. The predicted molar refractivity (Wildman–Crippen MR) is 94.3 cm³/mol. The summed E-state index contributed by atoms with van der Waals surface area (Å²) in [5, 5.41) is 15.2. The van der Waals surface area contributed by atoms with Crippen LogP contribution in [0, 0.1) is 0 Å². The van der Waals surface area contributed by atoms with Gasteiger partial charge >= 0.3 is 6.03 Å². The first-order chi connectivity index (χ1) is 11.7. The van der Waals surface area contributed by atoms with E-state index in [-0.39, 0.29) is 12.1 Å². The summed E-state index contributed by atoms with van der Waals surface area (Å²) in [5.74, 6) is 0.560. The highest BCUT2D eigenvalue weighted by atomic mass is 32.1. The Kier molecular flexibility index (Phi) is 5.77. The number of anilines is 1. The SMILES string of the molecule is C[C@H](OCCCNC(=O)Nc1nnc(C2CC2)s1)c1ccccc1. The first-order valence-electron chi connectivity index (χ1n) is 8.27. The number of hydrogen-bond donors (Lipinski definition) is 2. The molecule has 1 heterocycles. The van der Waals surface area contributed by atoms with Gasteiger partial charge in [-0.05, 0) is 31.7 Å². The van der Waals surface area contributed by atoms with Crippen LogP contribution in [0.2, 0.25) is 0 Å². The number of urea groups is 1. The minimum Gasteiger partial charge on any atom is -0.374 e. The van der Waals surface area contributed by atoms with Crippen LogP contribution in [0.15, 0.2) is 30.3 Å². The van der Waals surface area contributed by atoms with Crippen molar-refractivity contribution in [2.24, 2.45) is 0 Å². The van der Waals surface area contributed by atoms with Gasteiger partial charge in [-0.15, -0.1) is 10.2 Å². The molecule has 24 heavy (non-hydrogen) atoms. The lowest BCUT2D eigenvalue weighted by Crippen LogP contribution is -2.30. The Morgan fingerprint density at radius 1 is 1.33 bits per heavy atom. The van der Waals surface area contributed by atoms with Gasteiger partial charge in [-0.2, -0.15) is 0 Å². The van der Waals surface area contributed by atoms with Gasteiger partial charge in [0.05, 0.1) is 6.10 Å². The number of nitrogens with zero attached hydrogens (tertiary/aromatic N) is 2. The zero-order valence-electron chi connectivity index (χ0n) is 13.7. The van der Waals surface area contributed by atoms with Crippen LogP contribution in [-0.2, 0) is 4.74 Å². The summed E-state index contributed by atoms with van der Waals surface area (Å²) >= 11 is 1.46. The summed E-state index contributed by atoms with van der Waals surface area (Å²) in [7, 11) is 0. The standard InChI is InChI=1S/C17H22N4O2S/c1-12(13-6-3-2-4-7-13)23-11-5-10-18-16(22)19-17-21-20-15(24-17)14-8-9-14/h2-4,6-7,12,14H,5,8-11H2,1H3,(H2,18,19,21,22)/t12-/m0/s1. The average molecular weight is 346 g/mol. The van der Waals surface area contributed by atoms with Gasteiger partial charge in [0.25, 0.3) is 0 Å². The average Bonchev–Trinajstić information content (AvgIpc) is 3.35. The highest BCUT2D eigenvalue weighted by molar-refractivity contribution is 7.15. The van der Waals surface area contributed by atoms with Crippen molar-refractivity contribution in [2.75, 3.05) is 18.5 Å². The lowest BCUT2D eigenvalue weighted by atomic mass is 10.1. The van der Waals surface area contributed by atoms with E-state index in [2.05, 4.69) is 20.8 Å². The van der Waals surface area contributed by atoms with Gasteiger partial charge in [0.15, 0.2) is 0 Å². The quantitative estimate of drug-likeness (QED) is 0.715. The van der Waals surface area contributed by atoms with E-state index in [4.69, 9.17) is 4.74 Å². The maximum atomic E-state index is 11.8. The van der Waals surface area contributed by atoms with Crippen molar-refractivity contribution < 1.29 is 9.53 Å². The van der Waals surface area contributed by atoms with Crippen LogP contribution in [-0.4, -0.2) is 29.4 Å². The molecule has 0 spiro atoms. The van der Waals surface area contributed by atoms with Crippen molar-refractivity contribution in [3.63, 3.8) is 0 Å².